The van der Waals surface area contributed by atoms with Gasteiger partial charge in [-0.25, -0.2) is 13.6 Å². The van der Waals surface area contributed by atoms with Crippen molar-refractivity contribution in [2.75, 3.05) is 5.73 Å². The van der Waals surface area contributed by atoms with Crippen molar-refractivity contribution in [1.29, 1.82) is 0 Å². The van der Waals surface area contributed by atoms with Gasteiger partial charge >= 0.3 is 5.69 Å². The molecule has 0 bridgehead atoms. The van der Waals surface area contributed by atoms with Gasteiger partial charge in [0.25, 0.3) is 5.92 Å². The zero-order chi connectivity index (χ0) is 14.9. The molecule has 0 aliphatic carbocycles. The molecule has 2 rings (SSSR count). The molecule has 3 atom stereocenters. The standard InChI is InChI=1S/C13H19F2N3O2/c1-3-8(2)6-9-7-13(14,15)11(20-9)18-5-4-10(16)17-12(18)19/h4-5,8-9,11H,3,6-7H2,1-2H3,(H2,16,17,19). The number of anilines is 1. The number of aromatic nitrogens is 2. The molecule has 1 aromatic rings. The van der Waals surface area contributed by atoms with Gasteiger partial charge in [-0.05, 0) is 18.4 Å². The van der Waals surface area contributed by atoms with Gasteiger partial charge in [0.05, 0.1) is 6.10 Å². The summed E-state index contributed by atoms with van der Waals surface area (Å²) in [4.78, 5) is 15.1. The van der Waals surface area contributed by atoms with E-state index in [1.165, 1.54) is 12.3 Å². The van der Waals surface area contributed by atoms with Crippen LogP contribution >= 0.6 is 0 Å². The highest BCUT2D eigenvalue weighted by Crippen LogP contribution is 2.43. The van der Waals surface area contributed by atoms with E-state index in [-0.39, 0.29) is 12.2 Å². The van der Waals surface area contributed by atoms with Gasteiger partial charge in [0.2, 0.25) is 6.23 Å². The molecule has 7 heteroatoms. The van der Waals surface area contributed by atoms with E-state index in [2.05, 4.69) is 4.98 Å². The molecular weight excluding hydrogens is 268 g/mol. The van der Waals surface area contributed by atoms with Gasteiger partial charge in [-0.2, -0.15) is 4.98 Å². The monoisotopic (exact) mass is 287 g/mol. The molecule has 3 unspecified atom stereocenters. The maximum atomic E-state index is 14.0. The van der Waals surface area contributed by atoms with E-state index < -0.39 is 23.9 Å². The smallest absolute Gasteiger partial charge is 0.351 e. The normalized spacial score (nSPS) is 26.6. The van der Waals surface area contributed by atoms with Crippen LogP contribution in [0, 0.1) is 5.92 Å². The number of hydrogen-bond donors (Lipinski definition) is 1. The summed E-state index contributed by atoms with van der Waals surface area (Å²) in [6, 6.07) is 1.31. The topological polar surface area (TPSA) is 70.1 Å². The highest BCUT2D eigenvalue weighted by Gasteiger charge is 2.51. The third-order valence-electron chi connectivity index (χ3n) is 3.65. The molecule has 2 heterocycles. The van der Waals surface area contributed by atoms with E-state index in [1.807, 2.05) is 13.8 Å². The van der Waals surface area contributed by atoms with Gasteiger partial charge in [-0.1, -0.05) is 20.3 Å². The molecule has 1 saturated heterocycles. The zero-order valence-corrected chi connectivity index (χ0v) is 11.6. The fraction of sp³-hybridized carbons (Fsp3) is 0.692. The average molecular weight is 287 g/mol. The lowest BCUT2D eigenvalue weighted by Gasteiger charge is -2.20. The molecule has 112 valence electrons. The Hall–Kier alpha value is -1.50. The number of nitrogen functional groups attached to an aromatic ring is 1. The van der Waals surface area contributed by atoms with E-state index in [4.69, 9.17) is 10.5 Å². The van der Waals surface area contributed by atoms with Crippen LogP contribution in [0.5, 0.6) is 0 Å². The van der Waals surface area contributed by atoms with Crippen LogP contribution in [0.25, 0.3) is 0 Å². The minimum absolute atomic E-state index is 0.00344. The highest BCUT2D eigenvalue weighted by molar-refractivity contribution is 5.23. The Labute approximate surface area is 115 Å². The summed E-state index contributed by atoms with van der Waals surface area (Å²) >= 11 is 0. The molecule has 0 spiro atoms. The molecule has 0 saturated carbocycles. The number of halogens is 2. The summed E-state index contributed by atoms with van der Waals surface area (Å²) in [6.07, 6.45) is 0.138. The second-order valence-corrected chi connectivity index (χ2v) is 5.37. The summed E-state index contributed by atoms with van der Waals surface area (Å²) in [6.45, 7) is 4.00. The maximum Gasteiger partial charge on any atom is 0.351 e. The quantitative estimate of drug-likeness (QED) is 0.921. The summed E-state index contributed by atoms with van der Waals surface area (Å²) in [5.41, 5.74) is 4.53. The number of nitrogens with two attached hydrogens (primary N) is 1. The van der Waals surface area contributed by atoms with Crippen LogP contribution in [0.4, 0.5) is 14.6 Å². The Bertz CT molecular complexity index is 533. The minimum atomic E-state index is -3.08. The maximum absolute atomic E-state index is 14.0. The van der Waals surface area contributed by atoms with Crippen LogP contribution in [0.2, 0.25) is 0 Å². The molecule has 0 amide bonds. The average Bonchev–Trinajstić information content (AvgIpc) is 2.64. The number of alkyl halides is 2. The molecular formula is C13H19F2N3O2. The Balaban J connectivity index is 2.21. The number of hydrogen-bond acceptors (Lipinski definition) is 4. The molecule has 1 fully saturated rings. The molecule has 5 nitrogen and oxygen atoms in total. The molecule has 20 heavy (non-hydrogen) atoms. The Kier molecular flexibility index (Phi) is 4.08. The SMILES string of the molecule is CCC(C)CC1CC(F)(F)C(n2ccc(N)nc2=O)O1. The third kappa shape index (κ3) is 2.98. The van der Waals surface area contributed by atoms with Crippen molar-refractivity contribution in [3.8, 4) is 0 Å². The van der Waals surface area contributed by atoms with Crippen LogP contribution in [0.15, 0.2) is 17.1 Å². The molecule has 0 radical (unpaired) electrons. The van der Waals surface area contributed by atoms with Crippen LogP contribution < -0.4 is 11.4 Å². The molecule has 1 aromatic heterocycles. The van der Waals surface area contributed by atoms with E-state index in [0.29, 0.717) is 12.3 Å². The van der Waals surface area contributed by atoms with E-state index in [1.54, 1.807) is 0 Å². The van der Waals surface area contributed by atoms with Crippen molar-refractivity contribution in [3.05, 3.63) is 22.7 Å². The highest BCUT2D eigenvalue weighted by atomic mass is 19.3. The van der Waals surface area contributed by atoms with Gasteiger partial charge in [0, 0.05) is 12.6 Å². The lowest BCUT2D eigenvalue weighted by Crippen LogP contribution is -2.35. The minimum Gasteiger partial charge on any atom is -0.383 e. The van der Waals surface area contributed by atoms with E-state index >= 15 is 0 Å². The van der Waals surface area contributed by atoms with Crippen molar-refractivity contribution < 1.29 is 13.5 Å². The second kappa shape index (κ2) is 5.47. The van der Waals surface area contributed by atoms with Crippen LogP contribution in [0.3, 0.4) is 0 Å². The lowest BCUT2D eigenvalue weighted by atomic mass is 9.99. The van der Waals surface area contributed by atoms with Crippen LogP contribution in [-0.2, 0) is 4.74 Å². The molecule has 1 aliphatic rings. The van der Waals surface area contributed by atoms with Crippen molar-refractivity contribution in [2.24, 2.45) is 5.92 Å². The molecule has 1 aliphatic heterocycles. The van der Waals surface area contributed by atoms with E-state index in [9.17, 15) is 13.6 Å². The van der Waals surface area contributed by atoms with Gasteiger partial charge in [0.1, 0.15) is 5.82 Å². The van der Waals surface area contributed by atoms with Gasteiger partial charge in [-0.3, -0.25) is 4.57 Å². The Morgan fingerprint density at radius 3 is 2.95 bits per heavy atom. The van der Waals surface area contributed by atoms with Gasteiger partial charge < -0.3 is 10.5 Å². The van der Waals surface area contributed by atoms with Gasteiger partial charge in [-0.15, -0.1) is 0 Å². The number of rotatable bonds is 4. The van der Waals surface area contributed by atoms with Crippen molar-refractivity contribution in [3.63, 3.8) is 0 Å². The Morgan fingerprint density at radius 2 is 2.35 bits per heavy atom. The summed E-state index contributed by atoms with van der Waals surface area (Å²) < 4.78 is 34.3. The van der Waals surface area contributed by atoms with Crippen LogP contribution in [0.1, 0.15) is 39.3 Å². The predicted molar refractivity (Wildman–Crippen MR) is 70.5 cm³/mol. The first-order valence-corrected chi connectivity index (χ1v) is 6.71. The van der Waals surface area contributed by atoms with Crippen LogP contribution in [-0.4, -0.2) is 21.6 Å². The van der Waals surface area contributed by atoms with E-state index in [0.717, 1.165) is 11.0 Å². The molecule has 2 N–H and O–H groups in total. The first-order chi connectivity index (χ1) is 9.33. The largest absolute Gasteiger partial charge is 0.383 e. The number of ether oxygens (including phenoxy) is 1. The number of nitrogens with zero attached hydrogens (tertiary/aromatic N) is 2. The Morgan fingerprint density at radius 1 is 1.65 bits per heavy atom. The third-order valence-corrected chi connectivity index (χ3v) is 3.65. The summed E-state index contributed by atoms with van der Waals surface area (Å²) in [7, 11) is 0. The first-order valence-electron chi connectivity index (χ1n) is 6.71. The zero-order valence-electron chi connectivity index (χ0n) is 11.6. The second-order valence-electron chi connectivity index (χ2n) is 5.37. The van der Waals surface area contributed by atoms with Crippen molar-refractivity contribution in [2.45, 2.75) is 51.4 Å². The summed E-state index contributed by atoms with van der Waals surface area (Å²) in [5, 5.41) is 0. The first kappa shape index (κ1) is 14.9. The van der Waals surface area contributed by atoms with Crippen molar-refractivity contribution in [1.82, 2.24) is 9.55 Å². The molecule has 0 aromatic carbocycles. The van der Waals surface area contributed by atoms with Crippen molar-refractivity contribution >= 4 is 5.82 Å². The fourth-order valence-electron chi connectivity index (χ4n) is 2.36. The fourth-order valence-corrected chi connectivity index (χ4v) is 2.36. The predicted octanol–water partition coefficient (Wildman–Crippen LogP) is 2.18. The summed E-state index contributed by atoms with van der Waals surface area (Å²) in [5.74, 6) is -2.78. The van der Waals surface area contributed by atoms with Gasteiger partial charge in [0.15, 0.2) is 0 Å². The lowest BCUT2D eigenvalue weighted by molar-refractivity contribution is -0.118.